The van der Waals surface area contributed by atoms with E-state index in [0.717, 1.165) is 32.2 Å². The first-order valence-corrected chi connectivity index (χ1v) is 7.22. The van der Waals surface area contributed by atoms with E-state index in [2.05, 4.69) is 36.9 Å². The molecule has 0 N–H and O–H groups in total. The molecule has 0 fully saturated rings. The number of hydrogen-bond donors (Lipinski definition) is 1. The highest BCUT2D eigenvalue weighted by atomic mass is 35.5. The van der Waals surface area contributed by atoms with Crippen molar-refractivity contribution in [2.45, 2.75) is 4.90 Å². The molecule has 3 aromatic rings. The monoisotopic (exact) mass is 296 g/mol. The molecule has 2 heteroatoms. The number of benzene rings is 3. The molecular formula is C18H13ClS. The molecule has 0 saturated heterocycles. The summed E-state index contributed by atoms with van der Waals surface area (Å²) >= 11 is 11.1. The van der Waals surface area contributed by atoms with Gasteiger partial charge in [0.1, 0.15) is 0 Å². The van der Waals surface area contributed by atoms with Crippen LogP contribution in [0.2, 0.25) is 5.02 Å². The van der Waals surface area contributed by atoms with Crippen LogP contribution in [0.1, 0.15) is 0 Å². The molecule has 0 radical (unpaired) electrons. The molecule has 3 rings (SSSR count). The Kier molecular flexibility index (Phi) is 3.81. The first-order chi connectivity index (χ1) is 9.77. The summed E-state index contributed by atoms with van der Waals surface area (Å²) in [4.78, 5) is 0.930. The van der Waals surface area contributed by atoms with Crippen LogP contribution in [-0.4, -0.2) is 0 Å². The van der Waals surface area contributed by atoms with Crippen molar-refractivity contribution in [1.29, 1.82) is 0 Å². The van der Waals surface area contributed by atoms with Crippen molar-refractivity contribution in [3.05, 3.63) is 77.8 Å². The molecule has 0 aliphatic heterocycles. The van der Waals surface area contributed by atoms with Gasteiger partial charge in [-0.2, -0.15) is 0 Å². The van der Waals surface area contributed by atoms with Crippen LogP contribution in [0.4, 0.5) is 0 Å². The Balaban J connectivity index is 2.32. The SMILES string of the molecule is Sc1ccc(Cl)c(-c2ccccc2)c1-c1ccccc1. The lowest BCUT2D eigenvalue weighted by Gasteiger charge is -2.14. The zero-order valence-corrected chi connectivity index (χ0v) is 12.4. The average Bonchev–Trinajstić information content (AvgIpc) is 2.51. The summed E-state index contributed by atoms with van der Waals surface area (Å²) in [6.45, 7) is 0. The standard InChI is InChI=1S/C18H13ClS/c19-15-11-12-16(20)18(14-9-5-2-6-10-14)17(15)13-7-3-1-4-8-13/h1-12,20H. The summed E-state index contributed by atoms with van der Waals surface area (Å²) in [5.74, 6) is 0. The van der Waals surface area contributed by atoms with E-state index >= 15 is 0 Å². The smallest absolute Gasteiger partial charge is 0.0491 e. The lowest BCUT2D eigenvalue weighted by molar-refractivity contribution is 1.45. The predicted molar refractivity (Wildman–Crippen MR) is 89.6 cm³/mol. The molecular weight excluding hydrogens is 284 g/mol. The van der Waals surface area contributed by atoms with Gasteiger partial charge in [0, 0.05) is 21.0 Å². The average molecular weight is 297 g/mol. The van der Waals surface area contributed by atoms with Crippen molar-refractivity contribution in [3.8, 4) is 22.3 Å². The van der Waals surface area contributed by atoms with Crippen molar-refractivity contribution in [2.24, 2.45) is 0 Å². The molecule has 0 heterocycles. The minimum atomic E-state index is 0.743. The molecule has 0 amide bonds. The third-order valence-corrected chi connectivity index (χ3v) is 3.95. The third kappa shape index (κ3) is 2.47. The van der Waals surface area contributed by atoms with Gasteiger partial charge >= 0.3 is 0 Å². The van der Waals surface area contributed by atoms with Gasteiger partial charge in [0.2, 0.25) is 0 Å². The molecule has 3 aromatic carbocycles. The molecule has 98 valence electrons. The summed E-state index contributed by atoms with van der Waals surface area (Å²) in [5, 5.41) is 0.743. The van der Waals surface area contributed by atoms with Crippen molar-refractivity contribution >= 4 is 24.2 Å². The fourth-order valence-corrected chi connectivity index (χ4v) is 2.93. The Morgan fingerprint density at radius 3 is 1.65 bits per heavy atom. The summed E-state index contributed by atoms with van der Waals surface area (Å²) < 4.78 is 0. The van der Waals surface area contributed by atoms with Gasteiger partial charge in [-0.3, -0.25) is 0 Å². The number of thiol groups is 1. The molecule has 0 unspecified atom stereocenters. The number of rotatable bonds is 2. The van der Waals surface area contributed by atoms with E-state index in [1.54, 1.807) is 0 Å². The Morgan fingerprint density at radius 1 is 0.600 bits per heavy atom. The molecule has 0 aromatic heterocycles. The van der Waals surface area contributed by atoms with Crippen LogP contribution in [0.25, 0.3) is 22.3 Å². The Hall–Kier alpha value is -1.70. The highest BCUT2D eigenvalue weighted by molar-refractivity contribution is 7.80. The largest absolute Gasteiger partial charge is 0.143 e. The lowest BCUT2D eigenvalue weighted by atomic mass is 9.94. The maximum absolute atomic E-state index is 6.45. The second-order valence-electron chi connectivity index (χ2n) is 4.55. The summed E-state index contributed by atoms with van der Waals surface area (Å²) in [6.07, 6.45) is 0. The van der Waals surface area contributed by atoms with Crippen LogP contribution in [0, 0.1) is 0 Å². The molecule has 20 heavy (non-hydrogen) atoms. The van der Waals surface area contributed by atoms with E-state index in [4.69, 9.17) is 11.6 Å². The van der Waals surface area contributed by atoms with Crippen LogP contribution in [0.15, 0.2) is 77.7 Å². The van der Waals surface area contributed by atoms with Gasteiger partial charge in [-0.1, -0.05) is 72.3 Å². The molecule has 0 saturated carbocycles. The van der Waals surface area contributed by atoms with Gasteiger partial charge in [-0.05, 0) is 23.3 Å². The normalized spacial score (nSPS) is 10.5. The van der Waals surface area contributed by atoms with Crippen molar-refractivity contribution in [3.63, 3.8) is 0 Å². The van der Waals surface area contributed by atoms with E-state index in [1.807, 2.05) is 48.5 Å². The molecule has 0 spiro atoms. The fraction of sp³-hybridized carbons (Fsp3) is 0. The zero-order valence-electron chi connectivity index (χ0n) is 10.8. The molecule has 0 aliphatic carbocycles. The van der Waals surface area contributed by atoms with Crippen LogP contribution < -0.4 is 0 Å². The van der Waals surface area contributed by atoms with Crippen molar-refractivity contribution < 1.29 is 0 Å². The van der Waals surface area contributed by atoms with Gasteiger partial charge in [0.25, 0.3) is 0 Å². The van der Waals surface area contributed by atoms with Crippen LogP contribution in [-0.2, 0) is 0 Å². The molecule has 0 bridgehead atoms. The van der Waals surface area contributed by atoms with E-state index in [0.29, 0.717) is 0 Å². The highest BCUT2D eigenvalue weighted by Crippen LogP contribution is 2.41. The van der Waals surface area contributed by atoms with Gasteiger partial charge in [-0.15, -0.1) is 12.6 Å². The highest BCUT2D eigenvalue weighted by Gasteiger charge is 2.14. The fourth-order valence-electron chi connectivity index (χ4n) is 2.35. The van der Waals surface area contributed by atoms with Crippen LogP contribution in [0.3, 0.4) is 0 Å². The van der Waals surface area contributed by atoms with Gasteiger partial charge in [0.15, 0.2) is 0 Å². The Bertz CT molecular complexity index is 657. The van der Waals surface area contributed by atoms with Gasteiger partial charge in [0.05, 0.1) is 0 Å². The molecule has 0 atom stereocenters. The maximum Gasteiger partial charge on any atom is 0.0491 e. The Labute approximate surface area is 129 Å². The second kappa shape index (κ2) is 5.74. The summed E-state index contributed by atoms with van der Waals surface area (Å²) in [6, 6.07) is 24.3. The third-order valence-electron chi connectivity index (χ3n) is 3.26. The maximum atomic E-state index is 6.45. The second-order valence-corrected chi connectivity index (χ2v) is 5.44. The quantitative estimate of drug-likeness (QED) is 0.554. The van der Waals surface area contributed by atoms with Crippen LogP contribution in [0.5, 0.6) is 0 Å². The van der Waals surface area contributed by atoms with E-state index in [-0.39, 0.29) is 0 Å². The lowest BCUT2D eigenvalue weighted by Crippen LogP contribution is -1.88. The molecule has 0 nitrogen and oxygen atoms in total. The van der Waals surface area contributed by atoms with Crippen molar-refractivity contribution in [2.75, 3.05) is 0 Å². The first-order valence-electron chi connectivity index (χ1n) is 6.39. The minimum Gasteiger partial charge on any atom is -0.143 e. The topological polar surface area (TPSA) is 0 Å². The van der Waals surface area contributed by atoms with Gasteiger partial charge < -0.3 is 0 Å². The van der Waals surface area contributed by atoms with E-state index < -0.39 is 0 Å². The molecule has 0 aliphatic rings. The van der Waals surface area contributed by atoms with E-state index in [9.17, 15) is 0 Å². The number of hydrogen-bond acceptors (Lipinski definition) is 1. The number of halogens is 1. The minimum absolute atomic E-state index is 0.743. The predicted octanol–water partition coefficient (Wildman–Crippen LogP) is 5.96. The first kappa shape index (κ1) is 13.3. The summed E-state index contributed by atoms with van der Waals surface area (Å²) in [5.41, 5.74) is 4.34. The van der Waals surface area contributed by atoms with Gasteiger partial charge in [-0.25, -0.2) is 0 Å². The van der Waals surface area contributed by atoms with Crippen LogP contribution >= 0.6 is 24.2 Å². The Morgan fingerprint density at radius 2 is 1.10 bits per heavy atom. The van der Waals surface area contributed by atoms with Crippen molar-refractivity contribution in [1.82, 2.24) is 0 Å². The van der Waals surface area contributed by atoms with E-state index in [1.165, 1.54) is 0 Å². The zero-order chi connectivity index (χ0) is 13.9. The summed E-state index contributed by atoms with van der Waals surface area (Å²) in [7, 11) is 0.